The van der Waals surface area contributed by atoms with Gasteiger partial charge in [-0.1, -0.05) is 30.3 Å². The van der Waals surface area contributed by atoms with Gasteiger partial charge in [-0.2, -0.15) is 0 Å². The second-order valence-electron chi connectivity index (χ2n) is 4.07. The van der Waals surface area contributed by atoms with E-state index < -0.39 is 0 Å². The summed E-state index contributed by atoms with van der Waals surface area (Å²) in [7, 11) is 0. The van der Waals surface area contributed by atoms with Crippen LogP contribution in [-0.2, 0) is 4.79 Å². The van der Waals surface area contributed by atoms with Gasteiger partial charge in [-0.25, -0.2) is 4.98 Å². The number of nitrogens with zero attached hydrogens (tertiary/aromatic N) is 2. The Hall–Kier alpha value is -2.10. The molecule has 2 aromatic rings. The van der Waals surface area contributed by atoms with Gasteiger partial charge in [-0.05, 0) is 12.5 Å². The summed E-state index contributed by atoms with van der Waals surface area (Å²) in [5.74, 6) is -0.301. The molecule has 17 heavy (non-hydrogen) atoms. The zero-order valence-corrected chi connectivity index (χ0v) is 9.71. The molecular weight excluding hydrogens is 214 g/mol. The number of rotatable bonds is 4. The molecule has 1 aromatic heterocycles. The lowest BCUT2D eigenvalue weighted by Gasteiger charge is -2.14. The van der Waals surface area contributed by atoms with Crippen LogP contribution in [0.3, 0.4) is 0 Å². The molecule has 0 saturated carbocycles. The van der Waals surface area contributed by atoms with Gasteiger partial charge >= 0.3 is 0 Å². The number of carbonyl (C=O) groups excluding carboxylic acids is 1. The standard InChI is InChI=1S/C13H15N3O/c1-10(7-13(14)17)16-9-15-8-12(16)11-5-3-2-4-6-11/h2-6,8-10H,7H2,1H3,(H2,14,17). The van der Waals surface area contributed by atoms with E-state index in [0.717, 1.165) is 11.3 Å². The fourth-order valence-corrected chi connectivity index (χ4v) is 1.88. The third kappa shape index (κ3) is 2.53. The van der Waals surface area contributed by atoms with Crippen LogP contribution in [0, 0.1) is 0 Å². The molecule has 0 aliphatic rings. The number of primary amides is 1. The van der Waals surface area contributed by atoms with Gasteiger partial charge in [-0.3, -0.25) is 4.79 Å². The third-order valence-electron chi connectivity index (χ3n) is 2.71. The molecule has 2 N–H and O–H groups in total. The lowest BCUT2D eigenvalue weighted by atomic mass is 10.1. The van der Waals surface area contributed by atoms with Crippen molar-refractivity contribution in [2.45, 2.75) is 19.4 Å². The molecule has 0 saturated heterocycles. The number of nitrogens with two attached hydrogens (primary N) is 1. The van der Waals surface area contributed by atoms with Crippen LogP contribution in [0.4, 0.5) is 0 Å². The maximum Gasteiger partial charge on any atom is 0.219 e. The Bertz CT molecular complexity index is 504. The Morgan fingerprint density at radius 2 is 2.12 bits per heavy atom. The SMILES string of the molecule is CC(CC(N)=O)n1cncc1-c1ccccc1. The number of hydrogen-bond donors (Lipinski definition) is 1. The van der Waals surface area contributed by atoms with Gasteiger partial charge in [0.25, 0.3) is 0 Å². The summed E-state index contributed by atoms with van der Waals surface area (Å²) in [6, 6.07) is 9.98. The van der Waals surface area contributed by atoms with E-state index in [-0.39, 0.29) is 11.9 Å². The van der Waals surface area contributed by atoms with E-state index in [1.54, 1.807) is 12.5 Å². The zero-order valence-electron chi connectivity index (χ0n) is 9.71. The summed E-state index contributed by atoms with van der Waals surface area (Å²) < 4.78 is 1.97. The van der Waals surface area contributed by atoms with Crippen molar-refractivity contribution in [3.63, 3.8) is 0 Å². The van der Waals surface area contributed by atoms with E-state index in [2.05, 4.69) is 4.98 Å². The average Bonchev–Trinajstić information content (AvgIpc) is 2.78. The van der Waals surface area contributed by atoms with E-state index in [1.807, 2.05) is 41.8 Å². The monoisotopic (exact) mass is 229 g/mol. The highest BCUT2D eigenvalue weighted by Gasteiger charge is 2.12. The average molecular weight is 229 g/mol. The van der Waals surface area contributed by atoms with Gasteiger partial charge < -0.3 is 10.3 Å². The molecule has 1 amide bonds. The predicted molar refractivity (Wildman–Crippen MR) is 66.2 cm³/mol. The molecule has 0 aliphatic heterocycles. The van der Waals surface area contributed by atoms with Crippen LogP contribution < -0.4 is 5.73 Å². The van der Waals surface area contributed by atoms with Gasteiger partial charge in [0.1, 0.15) is 0 Å². The molecule has 0 fully saturated rings. The second kappa shape index (κ2) is 4.82. The highest BCUT2D eigenvalue weighted by molar-refractivity contribution is 5.74. The molecule has 4 heteroatoms. The first-order valence-corrected chi connectivity index (χ1v) is 5.54. The van der Waals surface area contributed by atoms with Crippen LogP contribution in [0.2, 0.25) is 0 Å². The fraction of sp³-hybridized carbons (Fsp3) is 0.231. The van der Waals surface area contributed by atoms with Crippen molar-refractivity contribution < 1.29 is 4.79 Å². The summed E-state index contributed by atoms with van der Waals surface area (Å²) in [6.45, 7) is 1.96. The summed E-state index contributed by atoms with van der Waals surface area (Å²) in [6.07, 6.45) is 3.85. The maximum absolute atomic E-state index is 10.9. The Morgan fingerprint density at radius 3 is 2.76 bits per heavy atom. The third-order valence-corrected chi connectivity index (χ3v) is 2.71. The molecule has 1 atom stereocenters. The summed E-state index contributed by atoms with van der Waals surface area (Å²) >= 11 is 0. The normalized spacial score (nSPS) is 12.3. The van der Waals surface area contributed by atoms with Crippen molar-refractivity contribution in [3.05, 3.63) is 42.9 Å². The lowest BCUT2D eigenvalue weighted by Crippen LogP contribution is -2.17. The molecule has 1 aromatic carbocycles. The van der Waals surface area contributed by atoms with Crippen LogP contribution >= 0.6 is 0 Å². The molecule has 2 rings (SSSR count). The highest BCUT2D eigenvalue weighted by atomic mass is 16.1. The molecule has 0 aliphatic carbocycles. The molecule has 0 radical (unpaired) electrons. The van der Waals surface area contributed by atoms with Crippen LogP contribution in [-0.4, -0.2) is 15.5 Å². The van der Waals surface area contributed by atoms with Crippen LogP contribution in [0.5, 0.6) is 0 Å². The van der Waals surface area contributed by atoms with E-state index in [4.69, 9.17) is 5.73 Å². The molecule has 0 spiro atoms. The highest BCUT2D eigenvalue weighted by Crippen LogP contribution is 2.23. The largest absolute Gasteiger partial charge is 0.370 e. The van der Waals surface area contributed by atoms with Crippen molar-refractivity contribution in [2.75, 3.05) is 0 Å². The minimum absolute atomic E-state index is 0.0187. The quantitative estimate of drug-likeness (QED) is 0.871. The van der Waals surface area contributed by atoms with Crippen molar-refractivity contribution in [2.24, 2.45) is 5.73 Å². The Kier molecular flexibility index (Phi) is 3.23. The number of imidazole rings is 1. The number of amides is 1. The molecule has 88 valence electrons. The number of carbonyl (C=O) groups is 1. The van der Waals surface area contributed by atoms with Crippen molar-refractivity contribution >= 4 is 5.91 Å². The van der Waals surface area contributed by atoms with E-state index in [0.29, 0.717) is 6.42 Å². The molecule has 0 bridgehead atoms. The molecule has 4 nitrogen and oxygen atoms in total. The Labute approximate surface area is 100 Å². The Morgan fingerprint density at radius 1 is 1.41 bits per heavy atom. The predicted octanol–water partition coefficient (Wildman–Crippen LogP) is 1.99. The maximum atomic E-state index is 10.9. The molecule has 1 heterocycles. The zero-order chi connectivity index (χ0) is 12.3. The van der Waals surface area contributed by atoms with Gasteiger partial charge in [-0.15, -0.1) is 0 Å². The minimum Gasteiger partial charge on any atom is -0.370 e. The second-order valence-corrected chi connectivity index (χ2v) is 4.07. The Balaban J connectivity index is 2.32. The smallest absolute Gasteiger partial charge is 0.219 e. The first kappa shape index (κ1) is 11.4. The van der Waals surface area contributed by atoms with Crippen molar-refractivity contribution in [1.82, 2.24) is 9.55 Å². The topological polar surface area (TPSA) is 60.9 Å². The van der Waals surface area contributed by atoms with E-state index >= 15 is 0 Å². The number of hydrogen-bond acceptors (Lipinski definition) is 2. The van der Waals surface area contributed by atoms with Crippen LogP contribution in [0.1, 0.15) is 19.4 Å². The first-order chi connectivity index (χ1) is 8.18. The van der Waals surface area contributed by atoms with Gasteiger partial charge in [0.05, 0.1) is 18.2 Å². The molecular formula is C13H15N3O. The van der Waals surface area contributed by atoms with Crippen LogP contribution in [0.15, 0.2) is 42.9 Å². The minimum atomic E-state index is -0.301. The summed E-state index contributed by atoms with van der Waals surface area (Å²) in [5, 5.41) is 0. The van der Waals surface area contributed by atoms with Gasteiger partial charge in [0.15, 0.2) is 0 Å². The van der Waals surface area contributed by atoms with Gasteiger partial charge in [0, 0.05) is 12.5 Å². The fourth-order valence-electron chi connectivity index (χ4n) is 1.88. The lowest BCUT2D eigenvalue weighted by molar-refractivity contribution is -0.118. The number of aromatic nitrogens is 2. The molecule has 1 unspecified atom stereocenters. The number of benzene rings is 1. The van der Waals surface area contributed by atoms with Gasteiger partial charge in [0.2, 0.25) is 5.91 Å². The summed E-state index contributed by atoms with van der Waals surface area (Å²) in [5.41, 5.74) is 7.30. The van der Waals surface area contributed by atoms with Crippen molar-refractivity contribution in [3.8, 4) is 11.3 Å². The van der Waals surface area contributed by atoms with Crippen molar-refractivity contribution in [1.29, 1.82) is 0 Å². The van der Waals surface area contributed by atoms with E-state index in [1.165, 1.54) is 0 Å². The van der Waals surface area contributed by atoms with E-state index in [9.17, 15) is 4.79 Å². The summed E-state index contributed by atoms with van der Waals surface area (Å²) in [4.78, 5) is 15.1. The first-order valence-electron chi connectivity index (χ1n) is 5.54. The van der Waals surface area contributed by atoms with Crippen LogP contribution in [0.25, 0.3) is 11.3 Å².